The molecule has 0 spiro atoms. The lowest BCUT2D eigenvalue weighted by molar-refractivity contribution is 0.0963. The van der Waals surface area contributed by atoms with E-state index >= 15 is 0 Å². The summed E-state index contributed by atoms with van der Waals surface area (Å²) in [6, 6.07) is 14.7. The van der Waals surface area contributed by atoms with Gasteiger partial charge in [-0.15, -0.1) is 24.0 Å². The van der Waals surface area contributed by atoms with Crippen LogP contribution in [0.2, 0.25) is 5.02 Å². The van der Waals surface area contributed by atoms with Crippen molar-refractivity contribution in [2.24, 2.45) is 4.99 Å². The van der Waals surface area contributed by atoms with Crippen LogP contribution in [0, 0.1) is 0 Å². The molecule has 6 nitrogen and oxygen atoms in total. The van der Waals surface area contributed by atoms with Gasteiger partial charge in [-0.1, -0.05) is 41.9 Å². The van der Waals surface area contributed by atoms with Crippen LogP contribution in [0.15, 0.2) is 53.5 Å². The van der Waals surface area contributed by atoms with E-state index in [-0.39, 0.29) is 36.4 Å². The first-order valence-electron chi connectivity index (χ1n) is 9.30. The third kappa shape index (κ3) is 8.20. The van der Waals surface area contributed by atoms with E-state index in [0.717, 1.165) is 12.0 Å². The zero-order valence-electron chi connectivity index (χ0n) is 16.6. The summed E-state index contributed by atoms with van der Waals surface area (Å²) in [5.74, 6) is 0.523. The topological polar surface area (TPSA) is 85.8 Å². The standard InChI is InChI=1S/C21H27ClN4O2.HI/c1-3-24-21(26-14-19(27)17-9-4-5-10-18(17)22)25-12-11-15-7-6-8-16(13-15)20(28)23-2;/h4-10,13,19,27H,3,11-12,14H2,1-2H3,(H,23,28)(H2,24,25,26);1H. The molecule has 0 saturated carbocycles. The van der Waals surface area contributed by atoms with Crippen LogP contribution in [0.5, 0.6) is 0 Å². The van der Waals surface area contributed by atoms with E-state index in [0.29, 0.717) is 35.2 Å². The summed E-state index contributed by atoms with van der Waals surface area (Å²) in [7, 11) is 1.62. The van der Waals surface area contributed by atoms with Crippen molar-refractivity contribution in [3.63, 3.8) is 0 Å². The van der Waals surface area contributed by atoms with Crippen molar-refractivity contribution in [3.05, 3.63) is 70.2 Å². The molecule has 0 aromatic heterocycles. The van der Waals surface area contributed by atoms with Gasteiger partial charge in [-0.05, 0) is 37.1 Å². The normalized spacial score (nSPS) is 11.9. The molecule has 1 amide bonds. The molecule has 1 unspecified atom stereocenters. The van der Waals surface area contributed by atoms with Gasteiger partial charge in [0.1, 0.15) is 6.10 Å². The number of amides is 1. The highest BCUT2D eigenvalue weighted by Crippen LogP contribution is 2.22. The largest absolute Gasteiger partial charge is 0.386 e. The second-order valence-electron chi connectivity index (χ2n) is 6.21. The summed E-state index contributed by atoms with van der Waals surface area (Å²) in [5.41, 5.74) is 2.36. The first-order chi connectivity index (χ1) is 13.5. The van der Waals surface area contributed by atoms with Gasteiger partial charge < -0.3 is 21.1 Å². The van der Waals surface area contributed by atoms with Crippen molar-refractivity contribution in [3.8, 4) is 0 Å². The Labute approximate surface area is 194 Å². The number of halogens is 2. The van der Waals surface area contributed by atoms with Gasteiger partial charge in [0, 0.05) is 36.3 Å². The first-order valence-corrected chi connectivity index (χ1v) is 9.68. The Balaban J connectivity index is 0.00000420. The van der Waals surface area contributed by atoms with E-state index in [9.17, 15) is 9.90 Å². The van der Waals surface area contributed by atoms with Crippen molar-refractivity contribution in [1.29, 1.82) is 0 Å². The Bertz CT molecular complexity index is 817. The predicted octanol–water partition coefficient (Wildman–Crippen LogP) is 3.15. The SMILES string of the molecule is CCNC(=NCC(O)c1ccccc1Cl)NCCc1cccc(C(=O)NC)c1.I. The van der Waals surface area contributed by atoms with Crippen molar-refractivity contribution in [2.45, 2.75) is 19.4 Å². The Hall–Kier alpha value is -1.84. The Kier molecular flexibility index (Phi) is 11.6. The van der Waals surface area contributed by atoms with Gasteiger partial charge >= 0.3 is 0 Å². The quantitative estimate of drug-likeness (QED) is 0.240. The molecular weight excluding hydrogens is 503 g/mol. The van der Waals surface area contributed by atoms with E-state index in [1.807, 2.05) is 37.3 Å². The number of rotatable bonds is 8. The minimum atomic E-state index is -0.770. The number of aliphatic hydroxyl groups excluding tert-OH is 1. The molecule has 0 bridgehead atoms. The Morgan fingerprint density at radius 2 is 1.93 bits per heavy atom. The lowest BCUT2D eigenvalue weighted by Gasteiger charge is -2.14. The van der Waals surface area contributed by atoms with Gasteiger partial charge in [-0.2, -0.15) is 0 Å². The third-order valence-electron chi connectivity index (χ3n) is 4.15. The van der Waals surface area contributed by atoms with E-state index in [1.165, 1.54) is 0 Å². The maximum atomic E-state index is 11.7. The van der Waals surface area contributed by atoms with Crippen molar-refractivity contribution >= 4 is 47.4 Å². The molecule has 0 aliphatic rings. The van der Waals surface area contributed by atoms with Gasteiger partial charge in [0.05, 0.1) is 6.54 Å². The van der Waals surface area contributed by atoms with Crippen LogP contribution in [-0.4, -0.2) is 43.7 Å². The van der Waals surface area contributed by atoms with Gasteiger partial charge in [-0.3, -0.25) is 9.79 Å². The average Bonchev–Trinajstić information content (AvgIpc) is 2.71. The number of guanidine groups is 1. The summed E-state index contributed by atoms with van der Waals surface area (Å²) in [5, 5.41) is 19.9. The number of hydrogen-bond donors (Lipinski definition) is 4. The van der Waals surface area contributed by atoms with Crippen LogP contribution in [0.3, 0.4) is 0 Å². The molecule has 2 rings (SSSR count). The monoisotopic (exact) mass is 530 g/mol. The number of carbonyl (C=O) groups excluding carboxylic acids is 1. The molecule has 1 atom stereocenters. The number of nitrogens with one attached hydrogen (secondary N) is 3. The van der Waals surface area contributed by atoms with E-state index in [1.54, 1.807) is 25.2 Å². The van der Waals surface area contributed by atoms with Gasteiger partial charge in [-0.25, -0.2) is 0 Å². The molecule has 29 heavy (non-hydrogen) atoms. The molecule has 8 heteroatoms. The van der Waals surface area contributed by atoms with Crippen molar-refractivity contribution < 1.29 is 9.90 Å². The number of carbonyl (C=O) groups is 1. The van der Waals surface area contributed by atoms with Crippen LogP contribution in [0.25, 0.3) is 0 Å². The molecule has 0 aliphatic heterocycles. The predicted molar refractivity (Wildman–Crippen MR) is 129 cm³/mol. The smallest absolute Gasteiger partial charge is 0.251 e. The molecule has 0 radical (unpaired) electrons. The maximum absolute atomic E-state index is 11.7. The highest BCUT2D eigenvalue weighted by molar-refractivity contribution is 14.0. The summed E-state index contributed by atoms with van der Waals surface area (Å²) in [4.78, 5) is 16.2. The highest BCUT2D eigenvalue weighted by Gasteiger charge is 2.11. The second kappa shape index (κ2) is 13.4. The fourth-order valence-corrected chi connectivity index (χ4v) is 2.96. The number of benzene rings is 2. The molecule has 2 aromatic carbocycles. The number of aliphatic imine (C=N–C) groups is 1. The number of hydrogen-bond acceptors (Lipinski definition) is 3. The van der Waals surface area contributed by atoms with Crippen LogP contribution >= 0.6 is 35.6 Å². The van der Waals surface area contributed by atoms with Crippen LogP contribution in [0.1, 0.15) is 34.5 Å². The minimum Gasteiger partial charge on any atom is -0.386 e. The molecule has 0 aliphatic carbocycles. The van der Waals surface area contributed by atoms with E-state index < -0.39 is 6.10 Å². The second-order valence-corrected chi connectivity index (χ2v) is 6.62. The lowest BCUT2D eigenvalue weighted by Crippen LogP contribution is -2.38. The fraction of sp³-hybridized carbons (Fsp3) is 0.333. The highest BCUT2D eigenvalue weighted by atomic mass is 127. The molecule has 4 N–H and O–H groups in total. The lowest BCUT2D eigenvalue weighted by atomic mass is 10.1. The first kappa shape index (κ1) is 25.2. The summed E-state index contributed by atoms with van der Waals surface area (Å²) >= 11 is 6.12. The maximum Gasteiger partial charge on any atom is 0.251 e. The zero-order valence-corrected chi connectivity index (χ0v) is 19.7. The van der Waals surface area contributed by atoms with Gasteiger partial charge in [0.15, 0.2) is 5.96 Å². The van der Waals surface area contributed by atoms with E-state index in [2.05, 4.69) is 20.9 Å². The molecule has 2 aromatic rings. The zero-order chi connectivity index (χ0) is 20.4. The molecule has 0 heterocycles. The Morgan fingerprint density at radius 1 is 1.17 bits per heavy atom. The molecule has 0 fully saturated rings. The van der Waals surface area contributed by atoms with Crippen LogP contribution in [0.4, 0.5) is 0 Å². The van der Waals surface area contributed by atoms with Crippen molar-refractivity contribution in [1.82, 2.24) is 16.0 Å². The summed E-state index contributed by atoms with van der Waals surface area (Å²) < 4.78 is 0. The molecule has 158 valence electrons. The third-order valence-corrected chi connectivity index (χ3v) is 4.50. The fourth-order valence-electron chi connectivity index (χ4n) is 2.70. The van der Waals surface area contributed by atoms with Gasteiger partial charge in [0.2, 0.25) is 0 Å². The number of nitrogens with zero attached hydrogens (tertiary/aromatic N) is 1. The van der Waals surface area contributed by atoms with Crippen LogP contribution < -0.4 is 16.0 Å². The summed E-state index contributed by atoms with van der Waals surface area (Å²) in [6.07, 6.45) is -0.0316. The summed E-state index contributed by atoms with van der Waals surface area (Å²) in [6.45, 7) is 3.53. The Morgan fingerprint density at radius 3 is 2.62 bits per heavy atom. The molecular formula is C21H28ClIN4O2. The van der Waals surface area contributed by atoms with E-state index in [4.69, 9.17) is 11.6 Å². The average molecular weight is 531 g/mol. The van der Waals surface area contributed by atoms with Crippen molar-refractivity contribution in [2.75, 3.05) is 26.7 Å². The number of aliphatic hydroxyl groups is 1. The molecule has 0 saturated heterocycles. The minimum absolute atomic E-state index is 0. The van der Waals surface area contributed by atoms with Crippen LogP contribution in [-0.2, 0) is 6.42 Å². The van der Waals surface area contributed by atoms with Gasteiger partial charge in [0.25, 0.3) is 5.91 Å².